The normalized spacial score (nSPS) is 10.1. The van der Waals surface area contributed by atoms with Crippen molar-refractivity contribution >= 4 is 12.1 Å². The molecule has 0 heterocycles. The lowest BCUT2D eigenvalue weighted by atomic mass is 10.0. The van der Waals surface area contributed by atoms with Gasteiger partial charge in [-0.1, -0.05) is 97.8 Å². The summed E-state index contributed by atoms with van der Waals surface area (Å²) >= 11 is 0. The topological polar surface area (TPSA) is 34.1 Å². The molecular weight excluding hydrogens is 296 g/mol. The van der Waals surface area contributed by atoms with E-state index in [9.17, 15) is 9.59 Å². The molecule has 0 aromatic rings. The van der Waals surface area contributed by atoms with Crippen LogP contribution in [0.2, 0.25) is 0 Å². The summed E-state index contributed by atoms with van der Waals surface area (Å²) in [6.45, 7) is 6.32. The van der Waals surface area contributed by atoms with Crippen molar-refractivity contribution in [1.29, 1.82) is 0 Å². The molecule has 0 aliphatic heterocycles. The van der Waals surface area contributed by atoms with E-state index < -0.39 is 0 Å². The summed E-state index contributed by atoms with van der Waals surface area (Å²) in [4.78, 5) is 20.9. The van der Waals surface area contributed by atoms with Crippen LogP contribution in [0.15, 0.2) is 0 Å². The fraction of sp³-hybridized carbons (Fsp3) is 0.909. The Labute approximate surface area is 152 Å². The highest BCUT2D eigenvalue weighted by atomic mass is 16.1. The fourth-order valence-electron chi connectivity index (χ4n) is 2.68. The van der Waals surface area contributed by atoms with Crippen LogP contribution in [0.25, 0.3) is 0 Å². The first-order valence-corrected chi connectivity index (χ1v) is 10.7. The number of carbonyl (C=O) groups is 2. The average Bonchev–Trinajstić information content (AvgIpc) is 2.60. The van der Waals surface area contributed by atoms with E-state index in [4.69, 9.17) is 0 Å². The first-order valence-electron chi connectivity index (χ1n) is 10.7. The molecule has 0 aromatic carbocycles. The van der Waals surface area contributed by atoms with Crippen molar-refractivity contribution in [2.45, 2.75) is 130 Å². The number of Topliss-reactive ketones (excluding diaryl/α,β-unsaturated/α-hetero) is 1. The summed E-state index contributed by atoms with van der Waals surface area (Å²) < 4.78 is 0. The number of rotatable bonds is 17. The molecule has 2 nitrogen and oxygen atoms in total. The molecule has 144 valence electrons. The van der Waals surface area contributed by atoms with E-state index in [1.165, 1.54) is 77.0 Å². The van der Waals surface area contributed by atoms with Crippen LogP contribution in [0.4, 0.5) is 0 Å². The van der Waals surface area contributed by atoms with E-state index in [2.05, 4.69) is 13.8 Å². The van der Waals surface area contributed by atoms with Gasteiger partial charge in [-0.05, 0) is 12.8 Å². The van der Waals surface area contributed by atoms with E-state index in [1.54, 1.807) is 0 Å². The Morgan fingerprint density at radius 1 is 0.583 bits per heavy atom. The second kappa shape index (κ2) is 24.6. The van der Waals surface area contributed by atoms with Crippen LogP contribution in [0.5, 0.6) is 0 Å². The van der Waals surface area contributed by atoms with Crippen molar-refractivity contribution in [3.05, 3.63) is 0 Å². The smallest absolute Gasteiger partial charge is 0.132 e. The van der Waals surface area contributed by atoms with E-state index in [1.807, 2.05) is 6.92 Å². The van der Waals surface area contributed by atoms with E-state index in [-0.39, 0.29) is 0 Å². The lowest BCUT2D eigenvalue weighted by Gasteiger charge is -2.03. The van der Waals surface area contributed by atoms with E-state index >= 15 is 0 Å². The number of aldehydes is 1. The average molecular weight is 341 g/mol. The van der Waals surface area contributed by atoms with E-state index in [0.717, 1.165) is 32.0 Å². The zero-order valence-electron chi connectivity index (χ0n) is 16.9. The van der Waals surface area contributed by atoms with Gasteiger partial charge in [-0.25, -0.2) is 0 Å². The second-order valence-electron chi connectivity index (χ2n) is 6.86. The lowest BCUT2D eigenvalue weighted by Crippen LogP contribution is -1.97. The van der Waals surface area contributed by atoms with Gasteiger partial charge in [0.05, 0.1) is 0 Å². The van der Waals surface area contributed by atoms with Gasteiger partial charge in [0, 0.05) is 19.3 Å². The van der Waals surface area contributed by atoms with Gasteiger partial charge in [-0.2, -0.15) is 0 Å². The summed E-state index contributed by atoms with van der Waals surface area (Å²) in [5.41, 5.74) is 0. The molecule has 0 fully saturated rings. The highest BCUT2D eigenvalue weighted by Gasteiger charge is 2.01. The maximum atomic E-state index is 11.7. The quantitative estimate of drug-likeness (QED) is 0.204. The highest BCUT2D eigenvalue weighted by Crippen LogP contribution is 2.12. The SMILES string of the molecule is CCC=O.CCCCCCCCCC(=O)CCCCCCCCC. The molecule has 0 unspecified atom stereocenters. The summed E-state index contributed by atoms with van der Waals surface area (Å²) in [5, 5.41) is 0. The molecule has 0 bridgehead atoms. The maximum Gasteiger partial charge on any atom is 0.132 e. The molecule has 0 aromatic heterocycles. The maximum absolute atomic E-state index is 11.7. The molecule has 0 N–H and O–H groups in total. The van der Waals surface area contributed by atoms with Gasteiger partial charge in [0.15, 0.2) is 0 Å². The van der Waals surface area contributed by atoms with Gasteiger partial charge in [0.2, 0.25) is 0 Å². The van der Waals surface area contributed by atoms with Crippen LogP contribution < -0.4 is 0 Å². The van der Waals surface area contributed by atoms with Crippen LogP contribution in [0, 0.1) is 0 Å². The third-order valence-corrected chi connectivity index (χ3v) is 4.29. The van der Waals surface area contributed by atoms with Crippen molar-refractivity contribution in [1.82, 2.24) is 0 Å². The molecule has 0 aliphatic carbocycles. The minimum Gasteiger partial charge on any atom is -0.303 e. The number of hydrogen-bond acceptors (Lipinski definition) is 2. The number of unbranched alkanes of at least 4 members (excludes halogenated alkanes) is 12. The fourth-order valence-corrected chi connectivity index (χ4v) is 2.68. The lowest BCUT2D eigenvalue weighted by molar-refractivity contribution is -0.119. The van der Waals surface area contributed by atoms with Crippen LogP contribution in [-0.2, 0) is 9.59 Å². The van der Waals surface area contributed by atoms with Crippen molar-refractivity contribution in [2.24, 2.45) is 0 Å². The first kappa shape index (κ1) is 25.6. The monoisotopic (exact) mass is 340 g/mol. The summed E-state index contributed by atoms with van der Waals surface area (Å²) in [7, 11) is 0. The van der Waals surface area contributed by atoms with Gasteiger partial charge < -0.3 is 4.79 Å². The third-order valence-electron chi connectivity index (χ3n) is 4.29. The van der Waals surface area contributed by atoms with Gasteiger partial charge in [-0.3, -0.25) is 4.79 Å². The summed E-state index contributed by atoms with van der Waals surface area (Å²) in [6, 6.07) is 0. The van der Waals surface area contributed by atoms with Crippen molar-refractivity contribution in [3.8, 4) is 0 Å². The molecule has 0 amide bonds. The largest absolute Gasteiger partial charge is 0.303 e. The highest BCUT2D eigenvalue weighted by molar-refractivity contribution is 5.78. The molecule has 0 spiro atoms. The Morgan fingerprint density at radius 2 is 0.875 bits per heavy atom. The summed E-state index contributed by atoms with van der Waals surface area (Å²) in [5.74, 6) is 0.507. The predicted octanol–water partition coefficient (Wildman–Crippen LogP) is 7.43. The molecule has 24 heavy (non-hydrogen) atoms. The predicted molar refractivity (Wildman–Crippen MR) is 107 cm³/mol. The van der Waals surface area contributed by atoms with Gasteiger partial charge in [0.25, 0.3) is 0 Å². The second-order valence-corrected chi connectivity index (χ2v) is 6.86. The molecule has 2 heteroatoms. The zero-order chi connectivity index (χ0) is 18.3. The number of ketones is 1. The Balaban J connectivity index is 0. The number of carbonyl (C=O) groups excluding carboxylic acids is 2. The van der Waals surface area contributed by atoms with Crippen molar-refractivity contribution < 1.29 is 9.59 Å². The minimum atomic E-state index is 0.507. The van der Waals surface area contributed by atoms with Gasteiger partial charge in [0.1, 0.15) is 12.1 Å². The Hall–Kier alpha value is -0.660. The molecule has 0 rings (SSSR count). The van der Waals surface area contributed by atoms with Crippen LogP contribution in [-0.4, -0.2) is 12.1 Å². The Bertz CT molecular complexity index is 228. The van der Waals surface area contributed by atoms with Gasteiger partial charge in [-0.15, -0.1) is 0 Å². The van der Waals surface area contributed by atoms with E-state index in [0.29, 0.717) is 12.2 Å². The van der Waals surface area contributed by atoms with Crippen LogP contribution >= 0.6 is 0 Å². The van der Waals surface area contributed by atoms with Gasteiger partial charge >= 0.3 is 0 Å². The summed E-state index contributed by atoms with van der Waals surface area (Å²) in [6.07, 6.45) is 21.5. The molecule has 0 atom stereocenters. The standard InChI is InChI=1S/C19H38O.C3H6O/c1-3-5-7-9-11-13-15-17-19(20)18-16-14-12-10-8-6-4-2;1-2-3-4/h3-18H2,1-2H3;3H,2H2,1H3. The molecule has 0 saturated carbocycles. The van der Waals surface area contributed by atoms with Crippen molar-refractivity contribution in [3.63, 3.8) is 0 Å². The molecule has 0 saturated heterocycles. The number of hydrogen-bond donors (Lipinski definition) is 0. The zero-order valence-corrected chi connectivity index (χ0v) is 16.9. The Kier molecular flexibility index (Phi) is 26.2. The third kappa shape index (κ3) is 26.2. The molecular formula is C22H44O2. The van der Waals surface area contributed by atoms with Crippen LogP contribution in [0.3, 0.4) is 0 Å². The molecule has 0 radical (unpaired) electrons. The molecule has 0 aliphatic rings. The Morgan fingerprint density at radius 3 is 1.17 bits per heavy atom. The minimum absolute atomic E-state index is 0.507. The first-order chi connectivity index (χ1) is 11.7. The van der Waals surface area contributed by atoms with Crippen LogP contribution in [0.1, 0.15) is 130 Å². The van der Waals surface area contributed by atoms with Crippen molar-refractivity contribution in [2.75, 3.05) is 0 Å².